The molecule has 0 bridgehead atoms. The normalized spacial score (nSPS) is 21.5. The first kappa shape index (κ1) is 26.5. The Balaban J connectivity index is 1.30. The fourth-order valence-electron chi connectivity index (χ4n) is 5.54. The summed E-state index contributed by atoms with van der Waals surface area (Å²) in [6, 6.07) is 17.2. The van der Waals surface area contributed by atoms with Crippen LogP contribution in [0.25, 0.3) is 0 Å². The van der Waals surface area contributed by atoms with Gasteiger partial charge in [-0.3, -0.25) is 5.32 Å². The lowest BCUT2D eigenvalue weighted by atomic mass is 9.75. The average Bonchev–Trinajstić information content (AvgIpc) is 3.75. The van der Waals surface area contributed by atoms with E-state index in [0.29, 0.717) is 17.9 Å². The van der Waals surface area contributed by atoms with Crippen molar-refractivity contribution in [3.05, 3.63) is 117 Å². The van der Waals surface area contributed by atoms with Crippen molar-refractivity contribution in [2.45, 2.75) is 64.4 Å². The van der Waals surface area contributed by atoms with Crippen molar-refractivity contribution in [3.8, 4) is 5.75 Å². The predicted molar refractivity (Wildman–Crippen MR) is 152 cm³/mol. The van der Waals surface area contributed by atoms with E-state index in [1.807, 2.05) is 54.6 Å². The molecule has 2 N–H and O–H groups in total. The van der Waals surface area contributed by atoms with E-state index in [9.17, 15) is 14.7 Å². The highest BCUT2D eigenvalue weighted by Gasteiger charge is 2.44. The summed E-state index contributed by atoms with van der Waals surface area (Å²) in [5.74, 6) is 0.839. The maximum atomic E-state index is 12.5. The maximum absolute atomic E-state index is 12.5. The molecule has 3 atom stereocenters. The van der Waals surface area contributed by atoms with Gasteiger partial charge in [0.15, 0.2) is 0 Å². The average molecular weight is 526 g/mol. The first-order valence-corrected chi connectivity index (χ1v) is 13.7. The third kappa shape index (κ3) is 6.00. The summed E-state index contributed by atoms with van der Waals surface area (Å²) in [7, 11) is 0. The number of aromatic hydroxyl groups is 1. The highest BCUT2D eigenvalue weighted by atomic mass is 16.5. The SMILES string of the molecule is CCC1(CCc2oc(=O)c(C)c(O)c2C2CC2c2cccc(NC(=O)OCc3ccccc3)c2)C=CC=CC1. The topological polar surface area (TPSA) is 88.8 Å². The van der Waals surface area contributed by atoms with Crippen LogP contribution in [0, 0.1) is 12.3 Å². The molecular weight excluding hydrogens is 490 g/mol. The highest BCUT2D eigenvalue weighted by molar-refractivity contribution is 5.84. The van der Waals surface area contributed by atoms with Gasteiger partial charge in [0.2, 0.25) is 0 Å². The number of rotatable bonds is 9. The van der Waals surface area contributed by atoms with Crippen LogP contribution in [0.1, 0.15) is 72.5 Å². The number of carbonyl (C=O) groups excluding carboxylic acids is 1. The van der Waals surface area contributed by atoms with Crippen LogP contribution in [0.2, 0.25) is 0 Å². The fraction of sp³-hybridized carbons (Fsp3) is 0.333. The van der Waals surface area contributed by atoms with Crippen molar-refractivity contribution in [2.75, 3.05) is 5.32 Å². The molecule has 1 aromatic heterocycles. The van der Waals surface area contributed by atoms with Crippen LogP contribution in [-0.2, 0) is 17.8 Å². The van der Waals surface area contributed by atoms with E-state index in [0.717, 1.165) is 42.4 Å². The van der Waals surface area contributed by atoms with Gasteiger partial charge in [-0.1, -0.05) is 73.7 Å². The molecule has 0 aliphatic heterocycles. The molecule has 6 heteroatoms. The molecule has 2 aromatic carbocycles. The second kappa shape index (κ2) is 11.4. The fourth-order valence-corrected chi connectivity index (χ4v) is 5.54. The summed E-state index contributed by atoms with van der Waals surface area (Å²) < 4.78 is 11.1. The maximum Gasteiger partial charge on any atom is 0.411 e. The van der Waals surface area contributed by atoms with E-state index in [1.54, 1.807) is 6.92 Å². The Hall–Kier alpha value is -4.06. The number of hydrogen-bond donors (Lipinski definition) is 2. The second-order valence-corrected chi connectivity index (χ2v) is 10.7. The Morgan fingerprint density at radius 2 is 1.95 bits per heavy atom. The van der Waals surface area contributed by atoms with E-state index < -0.39 is 11.7 Å². The molecule has 3 unspecified atom stereocenters. The Morgan fingerprint density at radius 1 is 1.13 bits per heavy atom. The van der Waals surface area contributed by atoms with Crippen molar-refractivity contribution in [2.24, 2.45) is 5.41 Å². The highest BCUT2D eigenvalue weighted by Crippen LogP contribution is 2.58. The minimum absolute atomic E-state index is 0.0309. The van der Waals surface area contributed by atoms with Crippen LogP contribution in [0.4, 0.5) is 10.5 Å². The van der Waals surface area contributed by atoms with Crippen LogP contribution in [0.3, 0.4) is 0 Å². The number of hydrogen-bond acceptors (Lipinski definition) is 5. The van der Waals surface area contributed by atoms with Gasteiger partial charge >= 0.3 is 11.7 Å². The molecule has 2 aliphatic carbocycles. The van der Waals surface area contributed by atoms with Crippen molar-refractivity contribution >= 4 is 11.8 Å². The largest absolute Gasteiger partial charge is 0.507 e. The third-order valence-corrected chi connectivity index (χ3v) is 8.14. The van der Waals surface area contributed by atoms with Crippen LogP contribution in [0.5, 0.6) is 5.75 Å². The van der Waals surface area contributed by atoms with Gasteiger partial charge in [-0.05, 0) is 73.1 Å². The molecule has 1 heterocycles. The van der Waals surface area contributed by atoms with Crippen molar-refractivity contribution in [1.82, 2.24) is 0 Å². The summed E-state index contributed by atoms with van der Waals surface area (Å²) in [6.45, 7) is 3.99. The Kier molecular flexibility index (Phi) is 7.73. The Bertz CT molecular complexity index is 1450. The van der Waals surface area contributed by atoms with Crippen LogP contribution in [0.15, 0.2) is 88.1 Å². The summed E-state index contributed by atoms with van der Waals surface area (Å²) in [6.07, 6.45) is 12.3. The van der Waals surface area contributed by atoms with Gasteiger partial charge in [-0.15, -0.1) is 0 Å². The number of carbonyl (C=O) groups is 1. The van der Waals surface area contributed by atoms with Crippen molar-refractivity contribution < 1.29 is 19.1 Å². The first-order chi connectivity index (χ1) is 18.9. The lowest BCUT2D eigenvalue weighted by Crippen LogP contribution is -2.19. The molecule has 1 saturated carbocycles. The summed E-state index contributed by atoms with van der Waals surface area (Å²) in [5, 5.41) is 13.9. The van der Waals surface area contributed by atoms with Gasteiger partial charge in [-0.2, -0.15) is 0 Å². The first-order valence-electron chi connectivity index (χ1n) is 13.7. The molecule has 5 rings (SSSR count). The predicted octanol–water partition coefficient (Wildman–Crippen LogP) is 7.52. The molecule has 6 nitrogen and oxygen atoms in total. The lowest BCUT2D eigenvalue weighted by Gasteiger charge is -2.30. The minimum atomic E-state index is -0.514. The smallest absolute Gasteiger partial charge is 0.411 e. The number of aryl methyl sites for hydroxylation is 1. The Morgan fingerprint density at radius 3 is 2.69 bits per heavy atom. The molecule has 3 aromatic rings. The van der Waals surface area contributed by atoms with E-state index in [-0.39, 0.29) is 35.2 Å². The third-order valence-electron chi connectivity index (χ3n) is 8.14. The van der Waals surface area contributed by atoms with Crippen LogP contribution < -0.4 is 10.9 Å². The lowest BCUT2D eigenvalue weighted by molar-refractivity contribution is 0.155. The van der Waals surface area contributed by atoms with E-state index >= 15 is 0 Å². The summed E-state index contributed by atoms with van der Waals surface area (Å²) >= 11 is 0. The number of nitrogens with one attached hydrogen (secondary N) is 1. The van der Waals surface area contributed by atoms with E-state index in [2.05, 4.69) is 36.5 Å². The van der Waals surface area contributed by atoms with E-state index in [4.69, 9.17) is 9.15 Å². The monoisotopic (exact) mass is 525 g/mol. The number of benzene rings is 2. The molecule has 1 amide bonds. The van der Waals surface area contributed by atoms with Crippen molar-refractivity contribution in [1.29, 1.82) is 0 Å². The zero-order valence-electron chi connectivity index (χ0n) is 22.5. The molecule has 2 aliphatic rings. The van der Waals surface area contributed by atoms with Crippen LogP contribution >= 0.6 is 0 Å². The number of ether oxygens (including phenoxy) is 1. The molecule has 0 saturated heterocycles. The quantitative estimate of drug-likeness (QED) is 0.302. The zero-order valence-corrected chi connectivity index (χ0v) is 22.5. The van der Waals surface area contributed by atoms with Gasteiger partial charge in [-0.25, -0.2) is 9.59 Å². The summed E-state index contributed by atoms with van der Waals surface area (Å²) in [5.41, 5.74) is 3.18. The van der Waals surface area contributed by atoms with E-state index in [1.165, 1.54) is 0 Å². The van der Waals surface area contributed by atoms with Gasteiger partial charge in [0, 0.05) is 17.7 Å². The summed E-state index contributed by atoms with van der Waals surface area (Å²) in [4.78, 5) is 24.9. The van der Waals surface area contributed by atoms with Gasteiger partial charge < -0.3 is 14.3 Å². The molecule has 1 fully saturated rings. The van der Waals surface area contributed by atoms with Crippen molar-refractivity contribution in [3.63, 3.8) is 0 Å². The van der Waals surface area contributed by atoms with Crippen LogP contribution in [-0.4, -0.2) is 11.2 Å². The van der Waals surface area contributed by atoms with Gasteiger partial charge in [0.1, 0.15) is 18.1 Å². The molecule has 0 radical (unpaired) electrons. The second-order valence-electron chi connectivity index (χ2n) is 10.7. The molecule has 0 spiro atoms. The van der Waals surface area contributed by atoms with Gasteiger partial charge in [0.25, 0.3) is 0 Å². The number of allylic oxidation sites excluding steroid dienone is 4. The molecular formula is C33H35NO5. The zero-order chi connectivity index (χ0) is 27.4. The molecule has 202 valence electrons. The molecule has 39 heavy (non-hydrogen) atoms. The number of anilines is 1. The standard InChI is InChI=1S/C33H35NO5/c1-3-33(16-8-5-9-17-33)18-15-28-29(30(35)22(2)31(36)39-28)27-20-26(27)24-13-10-14-25(19-24)34-32(37)38-21-23-11-6-4-7-12-23/h4-14,16,19,26-27,35H,3,15,17-18,20-21H2,1-2H3,(H,34,37). The minimum Gasteiger partial charge on any atom is -0.507 e. The number of amides is 1. The Labute approximate surface area is 229 Å². The van der Waals surface area contributed by atoms with Gasteiger partial charge in [0.05, 0.1) is 5.56 Å².